The molecule has 1 saturated heterocycles. The van der Waals surface area contributed by atoms with E-state index in [1.54, 1.807) is 6.92 Å². The number of rotatable bonds is 4. The molecule has 0 aliphatic carbocycles. The van der Waals surface area contributed by atoms with Gasteiger partial charge in [-0.2, -0.15) is 0 Å². The number of thioether (sulfide) groups is 1. The van der Waals surface area contributed by atoms with Crippen LogP contribution < -0.4 is 9.47 Å². The average molecular weight is 335 g/mol. The van der Waals surface area contributed by atoms with E-state index in [1.165, 1.54) is 11.8 Å². The van der Waals surface area contributed by atoms with Gasteiger partial charge in [0.1, 0.15) is 0 Å². The van der Waals surface area contributed by atoms with E-state index in [1.807, 2.05) is 23.1 Å². The van der Waals surface area contributed by atoms with Crippen molar-refractivity contribution >= 4 is 22.8 Å². The second-order valence-electron chi connectivity index (χ2n) is 5.98. The minimum Gasteiger partial charge on any atom is -0.490 e. The molecular weight excluding hydrogens is 314 g/mol. The molecule has 1 aromatic rings. The Hall–Kier alpha value is -1.69. The highest BCUT2D eigenvalue weighted by molar-refractivity contribution is 8.13. The van der Waals surface area contributed by atoms with Crippen LogP contribution in [0.5, 0.6) is 11.5 Å². The van der Waals surface area contributed by atoms with Crippen molar-refractivity contribution in [2.24, 2.45) is 5.92 Å². The van der Waals surface area contributed by atoms with Crippen molar-refractivity contribution < 1.29 is 19.1 Å². The van der Waals surface area contributed by atoms with Gasteiger partial charge in [-0.1, -0.05) is 17.8 Å². The van der Waals surface area contributed by atoms with Crippen molar-refractivity contribution in [3.05, 3.63) is 23.8 Å². The number of hydrogen-bond acceptors (Lipinski definition) is 5. The summed E-state index contributed by atoms with van der Waals surface area (Å²) in [6.07, 6.45) is 1.41. The standard InChI is InChI=1S/C17H21NO4S/c1-12(19)23-11-14-8-17(20)18(10-14)9-13-3-4-15-16(7-13)22-6-2-5-21-15/h3-4,7,14H,2,5-6,8-11H2,1H3. The molecule has 0 spiro atoms. The molecule has 1 unspecified atom stereocenters. The molecule has 1 atom stereocenters. The summed E-state index contributed by atoms with van der Waals surface area (Å²) < 4.78 is 11.3. The maximum Gasteiger partial charge on any atom is 0.223 e. The lowest BCUT2D eigenvalue weighted by Crippen LogP contribution is -2.24. The van der Waals surface area contributed by atoms with Gasteiger partial charge in [0.2, 0.25) is 5.91 Å². The van der Waals surface area contributed by atoms with Gasteiger partial charge < -0.3 is 14.4 Å². The number of ether oxygens (including phenoxy) is 2. The maximum absolute atomic E-state index is 12.2. The maximum atomic E-state index is 12.2. The van der Waals surface area contributed by atoms with Crippen molar-refractivity contribution in [2.45, 2.75) is 26.3 Å². The molecular formula is C17H21NO4S. The monoisotopic (exact) mass is 335 g/mol. The van der Waals surface area contributed by atoms with Gasteiger partial charge in [-0.05, 0) is 23.6 Å². The quantitative estimate of drug-likeness (QED) is 0.846. The Morgan fingerprint density at radius 3 is 2.87 bits per heavy atom. The highest BCUT2D eigenvalue weighted by Gasteiger charge is 2.29. The first-order valence-electron chi connectivity index (χ1n) is 7.91. The Labute approximate surface area is 140 Å². The molecule has 5 nitrogen and oxygen atoms in total. The van der Waals surface area contributed by atoms with E-state index in [-0.39, 0.29) is 16.9 Å². The first-order valence-corrected chi connectivity index (χ1v) is 8.90. The van der Waals surface area contributed by atoms with Crippen LogP contribution >= 0.6 is 11.8 Å². The zero-order valence-electron chi connectivity index (χ0n) is 13.2. The summed E-state index contributed by atoms with van der Waals surface area (Å²) in [5.41, 5.74) is 1.04. The molecule has 1 amide bonds. The van der Waals surface area contributed by atoms with E-state index in [9.17, 15) is 9.59 Å². The fourth-order valence-corrected chi connectivity index (χ4v) is 3.57. The van der Waals surface area contributed by atoms with Gasteiger partial charge in [-0.3, -0.25) is 9.59 Å². The molecule has 6 heteroatoms. The minimum absolute atomic E-state index is 0.110. The summed E-state index contributed by atoms with van der Waals surface area (Å²) in [6.45, 7) is 4.19. The number of nitrogens with zero attached hydrogens (tertiary/aromatic N) is 1. The van der Waals surface area contributed by atoms with Gasteiger partial charge in [0.05, 0.1) is 13.2 Å². The van der Waals surface area contributed by atoms with Crippen molar-refractivity contribution in [3.8, 4) is 11.5 Å². The number of carbonyl (C=O) groups excluding carboxylic acids is 2. The molecule has 124 valence electrons. The van der Waals surface area contributed by atoms with Gasteiger partial charge in [0.15, 0.2) is 16.6 Å². The summed E-state index contributed by atoms with van der Waals surface area (Å²) in [5.74, 6) is 2.67. The lowest BCUT2D eigenvalue weighted by molar-refractivity contribution is -0.128. The molecule has 23 heavy (non-hydrogen) atoms. The van der Waals surface area contributed by atoms with Crippen LogP contribution in [0.4, 0.5) is 0 Å². The van der Waals surface area contributed by atoms with Crippen molar-refractivity contribution in [3.63, 3.8) is 0 Å². The fraction of sp³-hybridized carbons (Fsp3) is 0.529. The number of amides is 1. The first-order chi connectivity index (χ1) is 11.1. The Balaban J connectivity index is 1.62. The molecule has 2 aliphatic rings. The van der Waals surface area contributed by atoms with E-state index in [0.29, 0.717) is 32.7 Å². The van der Waals surface area contributed by atoms with Crippen molar-refractivity contribution in [1.29, 1.82) is 0 Å². The third kappa shape index (κ3) is 4.19. The zero-order chi connectivity index (χ0) is 16.2. The van der Waals surface area contributed by atoms with Crippen LogP contribution in [-0.2, 0) is 16.1 Å². The molecule has 0 bridgehead atoms. The van der Waals surface area contributed by atoms with Crippen LogP contribution in [0.1, 0.15) is 25.3 Å². The first kappa shape index (κ1) is 16.2. The largest absolute Gasteiger partial charge is 0.490 e. The summed E-state index contributed by atoms with van der Waals surface area (Å²) in [6, 6.07) is 5.86. The smallest absolute Gasteiger partial charge is 0.223 e. The molecule has 2 aliphatic heterocycles. The van der Waals surface area contributed by atoms with E-state index in [2.05, 4.69) is 0 Å². The summed E-state index contributed by atoms with van der Waals surface area (Å²) >= 11 is 1.31. The number of carbonyl (C=O) groups is 2. The van der Waals surface area contributed by atoms with Gasteiger partial charge >= 0.3 is 0 Å². The van der Waals surface area contributed by atoms with Gasteiger partial charge in [-0.15, -0.1) is 0 Å². The number of hydrogen-bond donors (Lipinski definition) is 0. The molecule has 3 rings (SSSR count). The van der Waals surface area contributed by atoms with E-state index in [0.717, 1.165) is 29.2 Å². The zero-order valence-corrected chi connectivity index (χ0v) is 14.1. The number of likely N-dealkylation sites (tertiary alicyclic amines) is 1. The van der Waals surface area contributed by atoms with Crippen LogP contribution in [0.25, 0.3) is 0 Å². The second-order valence-corrected chi connectivity index (χ2v) is 7.18. The van der Waals surface area contributed by atoms with Crippen LogP contribution in [0.15, 0.2) is 18.2 Å². The van der Waals surface area contributed by atoms with Gasteiger partial charge in [-0.25, -0.2) is 0 Å². The number of fused-ring (bicyclic) bond motifs is 1. The molecule has 0 saturated carbocycles. The van der Waals surface area contributed by atoms with E-state index >= 15 is 0 Å². The van der Waals surface area contributed by atoms with Crippen LogP contribution in [0.2, 0.25) is 0 Å². The summed E-state index contributed by atoms with van der Waals surface area (Å²) in [7, 11) is 0. The predicted molar refractivity (Wildman–Crippen MR) is 88.7 cm³/mol. The minimum atomic E-state index is 0.110. The highest BCUT2D eigenvalue weighted by atomic mass is 32.2. The van der Waals surface area contributed by atoms with Crippen molar-refractivity contribution in [2.75, 3.05) is 25.5 Å². The van der Waals surface area contributed by atoms with Gasteiger partial charge in [0, 0.05) is 38.6 Å². The molecule has 1 aromatic carbocycles. The van der Waals surface area contributed by atoms with Gasteiger partial charge in [0.25, 0.3) is 0 Å². The lowest BCUT2D eigenvalue weighted by atomic mass is 10.1. The SMILES string of the molecule is CC(=O)SCC1CC(=O)N(Cc2ccc3c(c2)OCCCO3)C1. The Bertz CT molecular complexity index is 604. The molecule has 1 fully saturated rings. The van der Waals surface area contributed by atoms with Crippen LogP contribution in [-0.4, -0.2) is 41.4 Å². The van der Waals surface area contributed by atoms with E-state index in [4.69, 9.17) is 9.47 Å². The highest BCUT2D eigenvalue weighted by Crippen LogP contribution is 2.31. The molecule has 0 aromatic heterocycles. The normalized spacial score (nSPS) is 20.5. The van der Waals surface area contributed by atoms with E-state index < -0.39 is 0 Å². The molecule has 2 heterocycles. The molecule has 0 radical (unpaired) electrons. The predicted octanol–water partition coefficient (Wildman–Crippen LogP) is 2.48. The van der Waals surface area contributed by atoms with Crippen LogP contribution in [0.3, 0.4) is 0 Å². The average Bonchev–Trinajstić information content (AvgIpc) is 2.72. The third-order valence-electron chi connectivity index (χ3n) is 4.00. The third-order valence-corrected chi connectivity index (χ3v) is 5.05. The lowest BCUT2D eigenvalue weighted by Gasteiger charge is -2.17. The Morgan fingerprint density at radius 1 is 1.30 bits per heavy atom. The summed E-state index contributed by atoms with van der Waals surface area (Å²) in [5, 5.41) is 0.110. The Morgan fingerprint density at radius 2 is 2.09 bits per heavy atom. The topological polar surface area (TPSA) is 55.8 Å². The van der Waals surface area contributed by atoms with Crippen molar-refractivity contribution in [1.82, 2.24) is 4.90 Å². The molecule has 0 N–H and O–H groups in total. The second kappa shape index (κ2) is 7.25. The number of benzene rings is 1. The fourth-order valence-electron chi connectivity index (χ4n) is 2.88. The van der Waals surface area contributed by atoms with Crippen LogP contribution in [0, 0.1) is 5.92 Å². The Kier molecular flexibility index (Phi) is 5.10. The summed E-state index contributed by atoms with van der Waals surface area (Å²) in [4.78, 5) is 25.1.